The van der Waals surface area contributed by atoms with E-state index in [-0.39, 0.29) is 16.6 Å². The second-order valence-electron chi connectivity index (χ2n) is 18.8. The smallest absolute Gasteiger partial charge is 0.124 e. The van der Waals surface area contributed by atoms with E-state index in [1.165, 1.54) is 49.8 Å². The lowest BCUT2D eigenvalue weighted by Crippen LogP contribution is -2.16. The maximum absolute atomic E-state index is 11.1. The summed E-state index contributed by atoms with van der Waals surface area (Å²) < 4.78 is 2.43. The summed E-state index contributed by atoms with van der Waals surface area (Å²) in [4.78, 5) is 10.5. The predicted octanol–water partition coefficient (Wildman–Crippen LogP) is 15.1. The molecule has 9 rings (SSSR count). The van der Waals surface area contributed by atoms with Gasteiger partial charge in [0, 0.05) is 33.0 Å². The van der Waals surface area contributed by atoms with Crippen LogP contribution in [-0.2, 0) is 10.8 Å². The monoisotopic (exact) mass is 795 g/mol. The van der Waals surface area contributed by atoms with Gasteiger partial charge in [0.25, 0.3) is 0 Å². The van der Waals surface area contributed by atoms with E-state index in [1.54, 1.807) is 6.07 Å². The molecule has 0 fully saturated rings. The van der Waals surface area contributed by atoms with Crippen LogP contribution in [0.15, 0.2) is 152 Å². The summed E-state index contributed by atoms with van der Waals surface area (Å²) in [6.45, 7) is 20.2. The Morgan fingerprint density at radius 2 is 0.967 bits per heavy atom. The topological polar surface area (TPSA) is 50.9 Å². The summed E-state index contributed by atoms with van der Waals surface area (Å²) >= 11 is 0. The number of phenolic OH excluding ortho intramolecular Hbond substituents is 1. The van der Waals surface area contributed by atoms with Gasteiger partial charge in [0.05, 0.1) is 39.5 Å². The lowest BCUT2D eigenvalue weighted by Gasteiger charge is -2.26. The lowest BCUT2D eigenvalue weighted by atomic mass is 9.79. The average Bonchev–Trinajstić information content (AvgIpc) is 3.56. The van der Waals surface area contributed by atoms with Crippen molar-refractivity contribution in [3.05, 3.63) is 179 Å². The number of para-hydroxylation sites is 2. The Kier molecular flexibility index (Phi) is 9.78. The highest BCUT2D eigenvalue weighted by Crippen LogP contribution is 2.40. The molecule has 0 bridgehead atoms. The molecule has 3 aromatic heterocycles. The third-order valence-electron chi connectivity index (χ3n) is 12.0. The number of benzene rings is 6. The molecular weight excluding hydrogens is 743 g/mol. The molecule has 0 radical (unpaired) electrons. The number of pyridine rings is 2. The predicted molar refractivity (Wildman–Crippen MR) is 257 cm³/mol. The molecule has 0 aliphatic heterocycles. The molecule has 4 nitrogen and oxygen atoms in total. The van der Waals surface area contributed by atoms with Crippen molar-refractivity contribution in [2.75, 3.05) is 0 Å². The van der Waals surface area contributed by atoms with E-state index in [1.807, 2.05) is 18.2 Å². The van der Waals surface area contributed by atoms with Crippen molar-refractivity contribution in [3.8, 4) is 67.6 Å². The molecule has 61 heavy (non-hydrogen) atoms. The number of aromatic hydroxyl groups is 1. The van der Waals surface area contributed by atoms with E-state index in [9.17, 15) is 5.11 Å². The van der Waals surface area contributed by atoms with Gasteiger partial charge in [0.1, 0.15) is 5.75 Å². The molecule has 0 aliphatic carbocycles. The summed E-state index contributed by atoms with van der Waals surface area (Å²) in [5.74, 6) is 0.203. The van der Waals surface area contributed by atoms with Gasteiger partial charge in [-0.15, -0.1) is 0 Å². The van der Waals surface area contributed by atoms with Crippen LogP contribution in [0, 0.1) is 20.8 Å². The molecule has 3 heterocycles. The fraction of sp³-hybridized carbons (Fsp3) is 0.193. The largest absolute Gasteiger partial charge is 0.507 e. The SMILES string of the molecule is Cc1cc(C)c(-n2c3ccccc3c3ccc(-c4cccc(-c5cccc(-c6cc(-c7cc(C(C)(C)C)cc(C(C)(C)C)c7)cc(-c7ccccc7O)n6)c5)n4)cc32)c(C)c1. The molecule has 0 unspecified atom stereocenters. The number of hydrogen-bond donors (Lipinski definition) is 1. The van der Waals surface area contributed by atoms with Crippen LogP contribution < -0.4 is 0 Å². The number of hydrogen-bond acceptors (Lipinski definition) is 3. The first-order chi connectivity index (χ1) is 29.1. The summed E-state index contributed by atoms with van der Waals surface area (Å²) in [5.41, 5.74) is 19.1. The van der Waals surface area contributed by atoms with Crippen molar-refractivity contribution in [2.24, 2.45) is 0 Å². The van der Waals surface area contributed by atoms with Crippen LogP contribution in [0.4, 0.5) is 0 Å². The summed E-state index contributed by atoms with van der Waals surface area (Å²) in [6, 6.07) is 53.5. The van der Waals surface area contributed by atoms with Gasteiger partial charge < -0.3 is 9.67 Å². The highest BCUT2D eigenvalue weighted by Gasteiger charge is 2.23. The minimum atomic E-state index is -0.0361. The zero-order valence-corrected chi connectivity index (χ0v) is 36.7. The number of aromatic nitrogens is 3. The van der Waals surface area contributed by atoms with E-state index < -0.39 is 0 Å². The molecule has 6 aromatic carbocycles. The molecule has 1 N–H and O–H groups in total. The van der Waals surface area contributed by atoms with Crippen molar-refractivity contribution in [2.45, 2.75) is 73.1 Å². The molecule has 0 amide bonds. The Bertz CT molecular complexity index is 3100. The van der Waals surface area contributed by atoms with E-state index >= 15 is 0 Å². The molecule has 4 heteroatoms. The Balaban J connectivity index is 1.16. The highest BCUT2D eigenvalue weighted by atomic mass is 16.3. The Morgan fingerprint density at radius 3 is 1.64 bits per heavy atom. The zero-order valence-electron chi connectivity index (χ0n) is 36.7. The fourth-order valence-electron chi connectivity index (χ4n) is 8.82. The molecule has 0 aliphatic rings. The summed E-state index contributed by atoms with van der Waals surface area (Å²) in [5, 5.41) is 13.5. The van der Waals surface area contributed by atoms with E-state index in [0.717, 1.165) is 56.1 Å². The van der Waals surface area contributed by atoms with E-state index in [4.69, 9.17) is 9.97 Å². The maximum atomic E-state index is 11.1. The normalized spacial score (nSPS) is 12.1. The molecule has 0 atom stereocenters. The first-order valence-electron chi connectivity index (χ1n) is 21.3. The third kappa shape index (κ3) is 7.52. The van der Waals surface area contributed by atoms with Gasteiger partial charge in [0.2, 0.25) is 0 Å². The van der Waals surface area contributed by atoms with Crippen molar-refractivity contribution >= 4 is 21.8 Å². The van der Waals surface area contributed by atoms with Crippen molar-refractivity contribution in [1.82, 2.24) is 14.5 Å². The molecular formula is C57H53N3O. The number of phenols is 1. The maximum Gasteiger partial charge on any atom is 0.124 e. The second kappa shape index (κ2) is 15.0. The highest BCUT2D eigenvalue weighted by molar-refractivity contribution is 6.10. The Morgan fingerprint density at radius 1 is 0.426 bits per heavy atom. The summed E-state index contributed by atoms with van der Waals surface area (Å²) in [7, 11) is 0. The minimum Gasteiger partial charge on any atom is -0.507 e. The van der Waals surface area contributed by atoms with Gasteiger partial charge in [-0.1, -0.05) is 144 Å². The van der Waals surface area contributed by atoms with Crippen LogP contribution in [0.2, 0.25) is 0 Å². The molecule has 0 saturated carbocycles. The lowest BCUT2D eigenvalue weighted by molar-refractivity contribution is 0.477. The fourth-order valence-corrected chi connectivity index (χ4v) is 8.82. The van der Waals surface area contributed by atoms with Crippen LogP contribution in [0.25, 0.3) is 83.6 Å². The quantitative estimate of drug-likeness (QED) is 0.182. The number of fused-ring (bicyclic) bond motifs is 3. The average molecular weight is 796 g/mol. The number of nitrogens with zero attached hydrogens (tertiary/aromatic N) is 3. The Labute approximate surface area is 360 Å². The van der Waals surface area contributed by atoms with Crippen LogP contribution in [-0.4, -0.2) is 19.6 Å². The van der Waals surface area contributed by atoms with E-state index in [0.29, 0.717) is 5.56 Å². The van der Waals surface area contributed by atoms with Gasteiger partial charge >= 0.3 is 0 Å². The first kappa shape index (κ1) is 39.7. The summed E-state index contributed by atoms with van der Waals surface area (Å²) in [6.07, 6.45) is 0. The number of rotatable bonds is 6. The second-order valence-corrected chi connectivity index (χ2v) is 18.8. The molecule has 0 spiro atoms. The van der Waals surface area contributed by atoms with Gasteiger partial charge in [-0.3, -0.25) is 0 Å². The molecule has 9 aromatic rings. The third-order valence-corrected chi connectivity index (χ3v) is 12.0. The first-order valence-corrected chi connectivity index (χ1v) is 21.3. The van der Waals surface area contributed by atoms with Gasteiger partial charge in [0.15, 0.2) is 0 Å². The van der Waals surface area contributed by atoms with Crippen LogP contribution in [0.5, 0.6) is 5.75 Å². The van der Waals surface area contributed by atoms with Crippen LogP contribution >= 0.6 is 0 Å². The van der Waals surface area contributed by atoms with E-state index in [2.05, 4.69) is 194 Å². The minimum absolute atomic E-state index is 0.0361. The van der Waals surface area contributed by atoms with Crippen LogP contribution in [0.1, 0.15) is 69.4 Å². The standard InChI is InChI=1S/C57H53N3O/c1-35-26-36(2)55(37(3)27-35)60-52-22-12-10-18-45(52)46-25-24-40(33-53(46)60)49-21-15-20-48(58-49)38-16-14-17-39(28-38)50-31-42(32-51(59-50)47-19-11-13-23-54(47)61)41-29-43(56(4,5)6)34-44(30-41)57(7,8)9/h10-34,61H,1-9H3. The molecule has 0 saturated heterocycles. The van der Waals surface area contributed by atoms with Crippen molar-refractivity contribution < 1.29 is 5.11 Å². The zero-order chi connectivity index (χ0) is 42.8. The van der Waals surface area contributed by atoms with Gasteiger partial charge in [-0.05, 0) is 120 Å². The van der Waals surface area contributed by atoms with Crippen molar-refractivity contribution in [1.29, 1.82) is 0 Å². The molecule has 302 valence electrons. The number of aryl methyl sites for hydroxylation is 3. The van der Waals surface area contributed by atoms with Gasteiger partial charge in [-0.25, -0.2) is 9.97 Å². The van der Waals surface area contributed by atoms with Crippen LogP contribution in [0.3, 0.4) is 0 Å². The Hall–Kier alpha value is -6.78. The van der Waals surface area contributed by atoms with Gasteiger partial charge in [-0.2, -0.15) is 0 Å². The van der Waals surface area contributed by atoms with Crippen molar-refractivity contribution in [3.63, 3.8) is 0 Å².